The van der Waals surface area contributed by atoms with E-state index in [-0.39, 0.29) is 11.2 Å². The largest absolute Gasteiger partial charge is 0.305 e. The van der Waals surface area contributed by atoms with Crippen LogP contribution in [0.5, 0.6) is 0 Å². The first-order valence-electron chi connectivity index (χ1n) is 7.12. The van der Waals surface area contributed by atoms with E-state index in [4.69, 9.17) is 0 Å². The van der Waals surface area contributed by atoms with E-state index in [1.807, 2.05) is 37.6 Å². The molecule has 0 aliphatic carbocycles. The van der Waals surface area contributed by atoms with E-state index in [2.05, 4.69) is 30.7 Å². The Bertz CT molecular complexity index is 846. The lowest BCUT2D eigenvalue weighted by Gasteiger charge is -2.09. The highest BCUT2D eigenvalue weighted by Gasteiger charge is 2.20. The van der Waals surface area contributed by atoms with Gasteiger partial charge in [0, 0.05) is 25.0 Å². The third-order valence-electron chi connectivity index (χ3n) is 3.18. The van der Waals surface area contributed by atoms with E-state index < -0.39 is 0 Å². The molecule has 1 N–H and O–H groups in total. The van der Waals surface area contributed by atoms with Crippen LogP contribution in [0.2, 0.25) is 0 Å². The first kappa shape index (κ1) is 16.5. The van der Waals surface area contributed by atoms with Gasteiger partial charge in [-0.05, 0) is 26.0 Å². The molecule has 10 heteroatoms. The van der Waals surface area contributed by atoms with Crippen LogP contribution in [-0.4, -0.2) is 41.1 Å². The van der Waals surface area contributed by atoms with Gasteiger partial charge in [0.2, 0.25) is 11.0 Å². The number of hydrogen-bond donors (Lipinski definition) is 1. The maximum Gasteiger partial charge on any atom is 0.239 e. The number of anilines is 1. The van der Waals surface area contributed by atoms with Crippen LogP contribution >= 0.6 is 23.1 Å². The lowest BCUT2D eigenvalue weighted by Crippen LogP contribution is -2.22. The van der Waals surface area contributed by atoms with Crippen LogP contribution in [-0.2, 0) is 11.8 Å². The quantitative estimate of drug-likeness (QED) is 0.695. The van der Waals surface area contributed by atoms with E-state index in [1.165, 1.54) is 23.1 Å². The highest BCUT2D eigenvalue weighted by molar-refractivity contribution is 8.00. The van der Waals surface area contributed by atoms with Crippen molar-refractivity contribution in [2.24, 2.45) is 7.05 Å². The van der Waals surface area contributed by atoms with Crippen molar-refractivity contribution in [1.82, 2.24) is 29.9 Å². The Hall–Kier alpha value is -2.33. The summed E-state index contributed by atoms with van der Waals surface area (Å²) in [5.41, 5.74) is 0.924. The number of hydrogen-bond acceptors (Lipinski definition) is 8. The summed E-state index contributed by atoms with van der Waals surface area (Å²) < 4.78 is 1.86. The number of nitrogens with one attached hydrogen (secondary N) is 1. The van der Waals surface area contributed by atoms with Gasteiger partial charge in [-0.3, -0.25) is 15.1 Å². The highest BCUT2D eigenvalue weighted by atomic mass is 32.2. The van der Waals surface area contributed by atoms with E-state index in [0.717, 1.165) is 16.4 Å². The van der Waals surface area contributed by atoms with Gasteiger partial charge >= 0.3 is 0 Å². The summed E-state index contributed by atoms with van der Waals surface area (Å²) >= 11 is 2.68. The van der Waals surface area contributed by atoms with Crippen LogP contribution in [0.25, 0.3) is 11.4 Å². The number of nitrogens with zero attached hydrogens (tertiary/aromatic N) is 6. The fourth-order valence-corrected chi connectivity index (χ4v) is 3.35. The van der Waals surface area contributed by atoms with Crippen LogP contribution in [0, 0.1) is 6.92 Å². The molecule has 3 heterocycles. The van der Waals surface area contributed by atoms with E-state index >= 15 is 0 Å². The molecule has 0 saturated carbocycles. The number of pyridine rings is 1. The minimum absolute atomic E-state index is 0.149. The predicted molar refractivity (Wildman–Crippen MR) is 92.8 cm³/mol. The standard InChI is InChI=1S/C14H15N7OS2/c1-8(12(22)16-13-19-17-9(2)24-13)23-14-20-18-11(21(14)3)10-4-6-15-7-5-10/h4-8H,1-3H3,(H,16,19,22)/t8-/m1/s1. The summed E-state index contributed by atoms with van der Waals surface area (Å²) in [6.45, 7) is 3.65. The summed E-state index contributed by atoms with van der Waals surface area (Å²) in [6.07, 6.45) is 3.41. The van der Waals surface area contributed by atoms with Crippen molar-refractivity contribution in [2.75, 3.05) is 5.32 Å². The molecule has 8 nitrogen and oxygen atoms in total. The number of carbonyl (C=O) groups is 1. The Kier molecular flexibility index (Phi) is 4.86. The molecule has 0 bridgehead atoms. The monoisotopic (exact) mass is 361 g/mol. The molecule has 0 spiro atoms. The fourth-order valence-electron chi connectivity index (χ4n) is 1.94. The number of amides is 1. The predicted octanol–water partition coefficient (Wildman–Crippen LogP) is 2.16. The van der Waals surface area contributed by atoms with Crippen molar-refractivity contribution in [3.63, 3.8) is 0 Å². The molecule has 0 unspecified atom stereocenters. The molecule has 0 radical (unpaired) electrons. The normalized spacial score (nSPS) is 12.1. The Morgan fingerprint density at radius 2 is 2.00 bits per heavy atom. The summed E-state index contributed by atoms with van der Waals surface area (Å²) in [5.74, 6) is 0.580. The lowest BCUT2D eigenvalue weighted by atomic mass is 10.2. The Labute approximate surface area is 146 Å². The number of aryl methyl sites for hydroxylation is 1. The maximum atomic E-state index is 12.3. The van der Waals surface area contributed by atoms with Crippen LogP contribution in [0.1, 0.15) is 11.9 Å². The van der Waals surface area contributed by atoms with Crippen molar-refractivity contribution in [1.29, 1.82) is 0 Å². The van der Waals surface area contributed by atoms with Gasteiger partial charge in [0.05, 0.1) is 5.25 Å². The Morgan fingerprint density at radius 1 is 1.25 bits per heavy atom. The summed E-state index contributed by atoms with van der Waals surface area (Å²) in [7, 11) is 1.87. The van der Waals surface area contributed by atoms with Crippen LogP contribution < -0.4 is 5.32 Å². The van der Waals surface area contributed by atoms with Crippen molar-refractivity contribution >= 4 is 34.1 Å². The molecule has 3 rings (SSSR count). The molecular weight excluding hydrogens is 346 g/mol. The fraction of sp³-hybridized carbons (Fsp3) is 0.286. The number of thioether (sulfide) groups is 1. The second-order valence-electron chi connectivity index (χ2n) is 4.98. The van der Waals surface area contributed by atoms with Crippen molar-refractivity contribution in [3.8, 4) is 11.4 Å². The number of rotatable bonds is 5. The minimum Gasteiger partial charge on any atom is -0.305 e. The Balaban J connectivity index is 1.69. The molecule has 24 heavy (non-hydrogen) atoms. The molecule has 0 aliphatic heterocycles. The third kappa shape index (κ3) is 3.60. The molecule has 3 aromatic rings. The average Bonchev–Trinajstić information content (AvgIpc) is 3.14. The van der Waals surface area contributed by atoms with Gasteiger partial charge in [0.15, 0.2) is 11.0 Å². The van der Waals surface area contributed by atoms with Crippen molar-refractivity contribution < 1.29 is 4.79 Å². The van der Waals surface area contributed by atoms with E-state index in [1.54, 1.807) is 12.4 Å². The van der Waals surface area contributed by atoms with Gasteiger partial charge in [-0.15, -0.1) is 20.4 Å². The first-order valence-corrected chi connectivity index (χ1v) is 8.81. The van der Waals surface area contributed by atoms with Crippen molar-refractivity contribution in [2.45, 2.75) is 24.3 Å². The van der Waals surface area contributed by atoms with E-state index in [0.29, 0.717) is 10.3 Å². The second kappa shape index (κ2) is 7.05. The summed E-state index contributed by atoms with van der Waals surface area (Å²) in [5, 5.41) is 20.5. The Morgan fingerprint density at radius 3 is 2.67 bits per heavy atom. The topological polar surface area (TPSA) is 98.5 Å². The van der Waals surface area contributed by atoms with Gasteiger partial charge in [0.25, 0.3) is 0 Å². The second-order valence-corrected chi connectivity index (χ2v) is 7.47. The molecule has 0 aliphatic rings. The van der Waals surface area contributed by atoms with Gasteiger partial charge in [-0.25, -0.2) is 0 Å². The minimum atomic E-state index is -0.345. The zero-order valence-corrected chi connectivity index (χ0v) is 14.9. The first-order chi connectivity index (χ1) is 11.5. The summed E-state index contributed by atoms with van der Waals surface area (Å²) in [4.78, 5) is 16.3. The van der Waals surface area contributed by atoms with Gasteiger partial charge in [0.1, 0.15) is 5.01 Å². The van der Waals surface area contributed by atoms with Gasteiger partial charge < -0.3 is 4.57 Å². The highest BCUT2D eigenvalue weighted by Crippen LogP contribution is 2.26. The smallest absolute Gasteiger partial charge is 0.239 e. The SMILES string of the molecule is Cc1nnc(NC(=O)[C@@H](C)Sc2nnc(-c3ccncc3)n2C)s1. The average molecular weight is 361 g/mol. The van der Waals surface area contributed by atoms with E-state index in [9.17, 15) is 4.79 Å². The zero-order valence-electron chi connectivity index (χ0n) is 13.3. The molecule has 1 amide bonds. The van der Waals surface area contributed by atoms with Gasteiger partial charge in [-0.1, -0.05) is 23.1 Å². The molecule has 3 aromatic heterocycles. The van der Waals surface area contributed by atoms with Crippen LogP contribution in [0.3, 0.4) is 0 Å². The van der Waals surface area contributed by atoms with Crippen molar-refractivity contribution in [3.05, 3.63) is 29.5 Å². The number of aromatic nitrogens is 6. The molecule has 0 saturated heterocycles. The lowest BCUT2D eigenvalue weighted by molar-refractivity contribution is -0.115. The number of carbonyl (C=O) groups excluding carboxylic acids is 1. The van der Waals surface area contributed by atoms with Crippen LogP contribution in [0.4, 0.5) is 5.13 Å². The molecular formula is C14H15N7OS2. The molecule has 0 aromatic carbocycles. The molecule has 0 fully saturated rings. The van der Waals surface area contributed by atoms with Gasteiger partial charge in [-0.2, -0.15) is 0 Å². The molecule has 124 valence electrons. The summed E-state index contributed by atoms with van der Waals surface area (Å²) in [6, 6.07) is 3.73. The zero-order chi connectivity index (χ0) is 17.1. The van der Waals surface area contributed by atoms with Crippen LogP contribution in [0.15, 0.2) is 29.7 Å². The maximum absolute atomic E-state index is 12.3. The molecule has 1 atom stereocenters. The third-order valence-corrected chi connectivity index (χ3v) is 5.07.